The zero-order chi connectivity index (χ0) is 13.9. The van der Waals surface area contributed by atoms with Crippen LogP contribution in [0.1, 0.15) is 12.8 Å². The van der Waals surface area contributed by atoms with E-state index in [1.807, 2.05) is 0 Å². The maximum atomic E-state index is 13.1. The van der Waals surface area contributed by atoms with Gasteiger partial charge in [-0.25, -0.2) is 12.8 Å². The molecule has 0 aromatic heterocycles. The fraction of sp³-hybridized carbons (Fsp3) is 0.538. The van der Waals surface area contributed by atoms with Crippen molar-refractivity contribution in [2.45, 2.75) is 12.8 Å². The minimum atomic E-state index is -3.40. The summed E-state index contributed by atoms with van der Waals surface area (Å²) in [5.41, 5.74) is 0.365. The molecular formula is C13H19FN2O2S. The molecule has 1 heterocycles. The molecule has 1 saturated heterocycles. The SMILES string of the molecule is CN(c1cccc(F)c1)S(=O)(=O)CC1CCCNC1. The van der Waals surface area contributed by atoms with Crippen LogP contribution in [0.4, 0.5) is 10.1 Å². The smallest absolute Gasteiger partial charge is 0.235 e. The first kappa shape index (κ1) is 14.3. The summed E-state index contributed by atoms with van der Waals surface area (Å²) in [6, 6.07) is 5.64. The van der Waals surface area contributed by atoms with Gasteiger partial charge in [0.05, 0.1) is 11.4 Å². The van der Waals surface area contributed by atoms with Gasteiger partial charge in [-0.2, -0.15) is 0 Å². The van der Waals surface area contributed by atoms with E-state index in [4.69, 9.17) is 0 Å². The van der Waals surface area contributed by atoms with Gasteiger partial charge >= 0.3 is 0 Å². The summed E-state index contributed by atoms with van der Waals surface area (Å²) in [6.07, 6.45) is 1.92. The minimum Gasteiger partial charge on any atom is -0.316 e. The molecule has 106 valence electrons. The van der Waals surface area contributed by atoms with Gasteiger partial charge in [0.15, 0.2) is 0 Å². The molecule has 1 N–H and O–H groups in total. The summed E-state index contributed by atoms with van der Waals surface area (Å²) in [5.74, 6) is -0.193. The summed E-state index contributed by atoms with van der Waals surface area (Å²) in [5, 5.41) is 3.20. The molecule has 1 fully saturated rings. The summed E-state index contributed by atoms with van der Waals surface area (Å²) >= 11 is 0. The molecule has 19 heavy (non-hydrogen) atoms. The number of hydrogen-bond donors (Lipinski definition) is 1. The lowest BCUT2D eigenvalue weighted by Crippen LogP contribution is -2.38. The summed E-state index contributed by atoms with van der Waals surface area (Å²) < 4.78 is 38.9. The van der Waals surface area contributed by atoms with Crippen molar-refractivity contribution in [1.82, 2.24) is 5.32 Å². The Morgan fingerprint density at radius 3 is 2.89 bits per heavy atom. The Labute approximate surface area is 113 Å². The molecule has 0 aliphatic carbocycles. The van der Waals surface area contributed by atoms with Crippen LogP contribution in [0, 0.1) is 11.7 Å². The molecule has 1 atom stereocenters. The van der Waals surface area contributed by atoms with E-state index in [9.17, 15) is 12.8 Å². The maximum absolute atomic E-state index is 13.1. The second-order valence-electron chi connectivity index (χ2n) is 4.94. The van der Waals surface area contributed by atoms with Gasteiger partial charge in [-0.15, -0.1) is 0 Å². The number of sulfonamides is 1. The van der Waals surface area contributed by atoms with Gasteiger partial charge in [-0.1, -0.05) is 6.07 Å². The maximum Gasteiger partial charge on any atom is 0.235 e. The summed E-state index contributed by atoms with van der Waals surface area (Å²) in [7, 11) is -1.93. The first-order chi connectivity index (χ1) is 8.99. The van der Waals surface area contributed by atoms with Crippen LogP contribution in [-0.2, 0) is 10.0 Å². The normalized spacial score (nSPS) is 20.2. The standard InChI is InChI=1S/C13H19FN2O2S/c1-16(13-6-2-5-12(14)8-13)19(17,18)10-11-4-3-7-15-9-11/h2,5-6,8,11,15H,3-4,7,9-10H2,1H3. The van der Waals surface area contributed by atoms with Gasteiger partial charge in [0, 0.05) is 7.05 Å². The number of nitrogens with one attached hydrogen (secondary N) is 1. The molecule has 0 spiro atoms. The van der Waals surface area contributed by atoms with E-state index in [0.717, 1.165) is 25.9 Å². The van der Waals surface area contributed by atoms with Gasteiger partial charge in [0.25, 0.3) is 0 Å². The highest BCUT2D eigenvalue weighted by molar-refractivity contribution is 7.92. The third-order valence-corrected chi connectivity index (χ3v) is 5.37. The Morgan fingerprint density at radius 2 is 2.26 bits per heavy atom. The number of benzene rings is 1. The second-order valence-corrected chi connectivity index (χ2v) is 6.98. The number of nitrogens with zero attached hydrogens (tertiary/aromatic N) is 1. The minimum absolute atomic E-state index is 0.104. The van der Waals surface area contributed by atoms with Gasteiger partial charge < -0.3 is 5.32 Å². The average molecular weight is 286 g/mol. The van der Waals surface area contributed by atoms with Gasteiger partial charge in [0.1, 0.15) is 5.82 Å². The van der Waals surface area contributed by atoms with Crippen LogP contribution in [-0.4, -0.2) is 34.3 Å². The molecule has 0 radical (unpaired) electrons. The predicted molar refractivity (Wildman–Crippen MR) is 74.2 cm³/mol. The number of piperidine rings is 1. The second kappa shape index (κ2) is 5.88. The van der Waals surface area contributed by atoms with E-state index in [0.29, 0.717) is 5.69 Å². The lowest BCUT2D eigenvalue weighted by molar-refractivity contribution is 0.404. The van der Waals surface area contributed by atoms with Crippen LogP contribution in [0.5, 0.6) is 0 Å². The van der Waals surface area contributed by atoms with Crippen molar-refractivity contribution in [3.63, 3.8) is 0 Å². The molecule has 1 aliphatic rings. The van der Waals surface area contributed by atoms with E-state index in [-0.39, 0.29) is 11.7 Å². The number of hydrogen-bond acceptors (Lipinski definition) is 3. The Morgan fingerprint density at radius 1 is 1.47 bits per heavy atom. The molecule has 6 heteroatoms. The molecular weight excluding hydrogens is 267 g/mol. The van der Waals surface area contributed by atoms with Crippen LogP contribution in [0.3, 0.4) is 0 Å². The van der Waals surface area contributed by atoms with Crippen molar-refractivity contribution in [2.24, 2.45) is 5.92 Å². The van der Waals surface area contributed by atoms with Crippen LogP contribution in [0.25, 0.3) is 0 Å². The predicted octanol–water partition coefficient (Wildman–Crippen LogP) is 1.59. The van der Waals surface area contributed by atoms with E-state index < -0.39 is 15.8 Å². The number of rotatable bonds is 4. The molecule has 0 saturated carbocycles. The number of halogens is 1. The van der Waals surface area contributed by atoms with Crippen molar-refractivity contribution in [2.75, 3.05) is 30.2 Å². The lowest BCUT2D eigenvalue weighted by atomic mass is 10.0. The average Bonchev–Trinajstić information content (AvgIpc) is 2.38. The fourth-order valence-corrected chi connectivity index (χ4v) is 3.85. The third kappa shape index (κ3) is 3.67. The van der Waals surface area contributed by atoms with Gasteiger partial charge in [0.2, 0.25) is 10.0 Å². The number of anilines is 1. The van der Waals surface area contributed by atoms with Crippen LogP contribution < -0.4 is 9.62 Å². The largest absolute Gasteiger partial charge is 0.316 e. The quantitative estimate of drug-likeness (QED) is 0.914. The first-order valence-electron chi connectivity index (χ1n) is 6.42. The summed E-state index contributed by atoms with van der Waals surface area (Å²) in [4.78, 5) is 0. The van der Waals surface area contributed by atoms with E-state index in [1.165, 1.54) is 29.6 Å². The van der Waals surface area contributed by atoms with Gasteiger partial charge in [-0.3, -0.25) is 4.31 Å². The fourth-order valence-electron chi connectivity index (χ4n) is 2.31. The van der Waals surface area contributed by atoms with Crippen molar-refractivity contribution >= 4 is 15.7 Å². The monoisotopic (exact) mass is 286 g/mol. The topological polar surface area (TPSA) is 49.4 Å². The summed E-state index contributed by atoms with van der Waals surface area (Å²) in [6.45, 7) is 1.69. The van der Waals surface area contributed by atoms with Crippen molar-refractivity contribution in [3.05, 3.63) is 30.1 Å². The molecule has 1 aliphatic heterocycles. The van der Waals surface area contributed by atoms with Gasteiger partial charge in [-0.05, 0) is 50.0 Å². The molecule has 2 rings (SSSR count). The first-order valence-corrected chi connectivity index (χ1v) is 8.03. The molecule has 1 aromatic rings. The zero-order valence-corrected chi connectivity index (χ0v) is 11.8. The van der Waals surface area contributed by atoms with E-state index >= 15 is 0 Å². The molecule has 0 bridgehead atoms. The van der Waals surface area contributed by atoms with Crippen LogP contribution in [0.2, 0.25) is 0 Å². The Balaban J connectivity index is 2.10. The van der Waals surface area contributed by atoms with Crippen molar-refractivity contribution in [3.8, 4) is 0 Å². The highest BCUT2D eigenvalue weighted by Gasteiger charge is 2.25. The Kier molecular flexibility index (Phi) is 4.42. The zero-order valence-electron chi connectivity index (χ0n) is 11.0. The van der Waals surface area contributed by atoms with E-state index in [1.54, 1.807) is 6.07 Å². The molecule has 1 aromatic carbocycles. The lowest BCUT2D eigenvalue weighted by Gasteiger charge is -2.26. The Bertz CT molecular complexity index is 527. The van der Waals surface area contributed by atoms with E-state index in [2.05, 4.69) is 5.32 Å². The Hall–Kier alpha value is -1.14. The van der Waals surface area contributed by atoms with Crippen molar-refractivity contribution < 1.29 is 12.8 Å². The highest BCUT2D eigenvalue weighted by Crippen LogP contribution is 2.20. The van der Waals surface area contributed by atoms with Crippen LogP contribution in [0.15, 0.2) is 24.3 Å². The third-order valence-electron chi connectivity index (χ3n) is 3.43. The molecule has 4 nitrogen and oxygen atoms in total. The highest BCUT2D eigenvalue weighted by atomic mass is 32.2. The van der Waals surface area contributed by atoms with Crippen molar-refractivity contribution in [1.29, 1.82) is 0 Å². The molecule has 1 unspecified atom stereocenters. The molecule has 0 amide bonds. The van der Waals surface area contributed by atoms with Crippen LogP contribution >= 0.6 is 0 Å².